The van der Waals surface area contributed by atoms with Crippen molar-refractivity contribution in [3.63, 3.8) is 0 Å². The minimum Gasteiger partial charge on any atom is -0.444 e. The second-order valence-electron chi connectivity index (χ2n) is 5.81. The van der Waals surface area contributed by atoms with Gasteiger partial charge in [-0.2, -0.15) is 0 Å². The average molecular weight is 276 g/mol. The van der Waals surface area contributed by atoms with Gasteiger partial charge in [0.1, 0.15) is 11.4 Å². The zero-order valence-corrected chi connectivity index (χ0v) is 12.1. The van der Waals surface area contributed by atoms with E-state index in [0.29, 0.717) is 19.5 Å². The first kappa shape index (κ1) is 15.3. The van der Waals surface area contributed by atoms with Crippen molar-refractivity contribution in [1.29, 1.82) is 0 Å². The third kappa shape index (κ3) is 5.25. The Morgan fingerprint density at radius 2 is 2.06 bits per heavy atom. The van der Waals surface area contributed by atoms with Crippen LogP contribution in [0, 0.1) is 5.92 Å². The van der Waals surface area contributed by atoms with Crippen molar-refractivity contribution in [2.24, 2.45) is 5.92 Å². The predicted molar refractivity (Wildman–Crippen MR) is 70.9 cm³/mol. The van der Waals surface area contributed by atoms with Gasteiger partial charge in [-0.25, -0.2) is 4.79 Å². The van der Waals surface area contributed by atoms with Crippen molar-refractivity contribution in [3.05, 3.63) is 0 Å². The van der Waals surface area contributed by atoms with E-state index < -0.39 is 5.60 Å². The number of nitrogens with zero attached hydrogens (tertiary/aromatic N) is 1. The van der Waals surface area contributed by atoms with Gasteiger partial charge in [-0.3, -0.25) is 4.79 Å². The molecule has 1 amide bonds. The molecule has 1 aliphatic heterocycles. The average Bonchev–Trinajstić information content (AvgIpc) is 2.27. The number of rotatable bonds is 3. The molecule has 0 unspecified atom stereocenters. The van der Waals surface area contributed by atoms with E-state index in [4.69, 9.17) is 16.3 Å². The molecule has 0 bridgehead atoms. The molecular formula is C13H22ClNO3. The number of halogens is 1. The number of ether oxygens (including phenoxy) is 1. The number of Topliss-reactive ketones (excluding diaryl/α,β-unsaturated/α-hetero) is 1. The summed E-state index contributed by atoms with van der Waals surface area (Å²) in [5.74, 6) is 0.327. The Labute approximate surface area is 114 Å². The summed E-state index contributed by atoms with van der Waals surface area (Å²) in [5, 5.41) is 0. The number of carbonyl (C=O) groups is 2. The van der Waals surface area contributed by atoms with Gasteiger partial charge in [0.05, 0.1) is 5.88 Å². The van der Waals surface area contributed by atoms with E-state index in [2.05, 4.69) is 0 Å². The molecule has 0 aromatic heterocycles. The highest BCUT2D eigenvalue weighted by molar-refractivity contribution is 6.27. The van der Waals surface area contributed by atoms with Crippen LogP contribution < -0.4 is 0 Å². The maximum atomic E-state index is 11.9. The SMILES string of the molecule is CC(C)(C)OC(=O)N1CCC[C@H](CC(=O)CCl)C1. The first-order chi connectivity index (χ1) is 8.31. The summed E-state index contributed by atoms with van der Waals surface area (Å²) in [4.78, 5) is 24.9. The lowest BCUT2D eigenvalue weighted by atomic mass is 9.93. The molecule has 4 nitrogen and oxygen atoms in total. The van der Waals surface area contributed by atoms with Crippen LogP contribution in [0.25, 0.3) is 0 Å². The highest BCUT2D eigenvalue weighted by Gasteiger charge is 2.28. The maximum Gasteiger partial charge on any atom is 0.410 e. The monoisotopic (exact) mass is 275 g/mol. The Hall–Kier alpha value is -0.770. The quantitative estimate of drug-likeness (QED) is 0.744. The van der Waals surface area contributed by atoms with Gasteiger partial charge in [-0.1, -0.05) is 0 Å². The summed E-state index contributed by atoms with van der Waals surface area (Å²) >= 11 is 5.50. The van der Waals surface area contributed by atoms with E-state index in [1.54, 1.807) is 4.90 Å². The molecule has 1 rings (SSSR count). The number of hydrogen-bond acceptors (Lipinski definition) is 3. The van der Waals surface area contributed by atoms with Crippen LogP contribution in [-0.4, -0.2) is 41.3 Å². The molecule has 0 spiro atoms. The Balaban J connectivity index is 2.48. The number of carbonyl (C=O) groups excluding carboxylic acids is 2. The summed E-state index contributed by atoms with van der Waals surface area (Å²) in [5.41, 5.74) is -0.476. The summed E-state index contributed by atoms with van der Waals surface area (Å²) < 4.78 is 5.33. The van der Waals surface area contributed by atoms with Gasteiger partial charge < -0.3 is 9.64 Å². The lowest BCUT2D eigenvalue weighted by Crippen LogP contribution is -2.43. The second kappa shape index (κ2) is 6.41. The minimum atomic E-state index is -0.476. The number of hydrogen-bond donors (Lipinski definition) is 0. The molecule has 0 radical (unpaired) electrons. The normalized spacial score (nSPS) is 20.7. The van der Waals surface area contributed by atoms with Crippen LogP contribution in [-0.2, 0) is 9.53 Å². The molecule has 0 aliphatic carbocycles. The zero-order chi connectivity index (χ0) is 13.8. The molecule has 1 heterocycles. The standard InChI is InChI=1S/C13H22ClNO3/c1-13(2,3)18-12(17)15-6-4-5-10(9-15)7-11(16)8-14/h10H,4-9H2,1-3H3/t10-/m1/s1. The fraction of sp³-hybridized carbons (Fsp3) is 0.846. The number of alkyl halides is 1. The molecule has 1 atom stereocenters. The van der Waals surface area contributed by atoms with Crippen LogP contribution in [0.3, 0.4) is 0 Å². The molecule has 1 aliphatic rings. The number of ketones is 1. The predicted octanol–water partition coefficient (Wildman–Crippen LogP) is 2.83. The van der Waals surface area contributed by atoms with Crippen LogP contribution in [0.1, 0.15) is 40.0 Å². The van der Waals surface area contributed by atoms with E-state index >= 15 is 0 Å². The molecule has 0 N–H and O–H groups in total. The highest BCUT2D eigenvalue weighted by atomic mass is 35.5. The summed E-state index contributed by atoms with van der Waals surface area (Å²) in [6.45, 7) is 6.86. The lowest BCUT2D eigenvalue weighted by Gasteiger charge is -2.33. The van der Waals surface area contributed by atoms with Crippen LogP contribution in [0.5, 0.6) is 0 Å². The summed E-state index contributed by atoms with van der Waals surface area (Å²) in [6, 6.07) is 0. The molecule has 18 heavy (non-hydrogen) atoms. The molecular weight excluding hydrogens is 254 g/mol. The number of amides is 1. The minimum absolute atomic E-state index is 0.0488. The molecule has 104 valence electrons. The van der Waals surface area contributed by atoms with Crippen LogP contribution in [0.2, 0.25) is 0 Å². The van der Waals surface area contributed by atoms with E-state index in [-0.39, 0.29) is 23.7 Å². The third-order valence-corrected chi connectivity index (χ3v) is 3.13. The van der Waals surface area contributed by atoms with Crippen LogP contribution in [0.15, 0.2) is 0 Å². The van der Waals surface area contributed by atoms with Crippen molar-refractivity contribution in [2.75, 3.05) is 19.0 Å². The maximum absolute atomic E-state index is 11.9. The Morgan fingerprint density at radius 3 is 2.61 bits per heavy atom. The third-order valence-electron chi connectivity index (χ3n) is 2.84. The Kier molecular flexibility index (Phi) is 5.45. The lowest BCUT2D eigenvalue weighted by molar-refractivity contribution is -0.118. The topological polar surface area (TPSA) is 46.6 Å². The van der Waals surface area contributed by atoms with Crippen molar-refractivity contribution in [2.45, 2.75) is 45.6 Å². The van der Waals surface area contributed by atoms with Gasteiger partial charge in [-0.15, -0.1) is 11.6 Å². The number of likely N-dealkylation sites (tertiary alicyclic amines) is 1. The van der Waals surface area contributed by atoms with Crippen LogP contribution >= 0.6 is 11.6 Å². The molecule has 0 saturated carbocycles. The van der Waals surface area contributed by atoms with E-state index in [1.165, 1.54) is 0 Å². The van der Waals surface area contributed by atoms with Gasteiger partial charge in [0.15, 0.2) is 0 Å². The van der Waals surface area contributed by atoms with E-state index in [1.807, 2.05) is 20.8 Å². The largest absolute Gasteiger partial charge is 0.444 e. The molecule has 0 aromatic rings. The first-order valence-corrected chi connectivity index (χ1v) is 6.91. The Bertz CT molecular complexity index is 312. The molecule has 0 aromatic carbocycles. The molecule has 5 heteroatoms. The van der Waals surface area contributed by atoms with E-state index in [0.717, 1.165) is 12.8 Å². The second-order valence-corrected chi connectivity index (χ2v) is 6.08. The molecule has 1 saturated heterocycles. The van der Waals surface area contributed by atoms with Gasteiger partial charge in [0, 0.05) is 19.5 Å². The van der Waals surface area contributed by atoms with Gasteiger partial charge in [0.25, 0.3) is 0 Å². The van der Waals surface area contributed by atoms with Crippen molar-refractivity contribution in [1.82, 2.24) is 4.90 Å². The van der Waals surface area contributed by atoms with E-state index in [9.17, 15) is 9.59 Å². The van der Waals surface area contributed by atoms with Gasteiger partial charge in [-0.05, 0) is 39.5 Å². The van der Waals surface area contributed by atoms with Crippen molar-refractivity contribution >= 4 is 23.5 Å². The first-order valence-electron chi connectivity index (χ1n) is 6.37. The van der Waals surface area contributed by atoms with Crippen molar-refractivity contribution in [3.8, 4) is 0 Å². The van der Waals surface area contributed by atoms with Crippen molar-refractivity contribution < 1.29 is 14.3 Å². The van der Waals surface area contributed by atoms with Gasteiger partial charge >= 0.3 is 6.09 Å². The Morgan fingerprint density at radius 1 is 1.39 bits per heavy atom. The fourth-order valence-electron chi connectivity index (χ4n) is 2.10. The van der Waals surface area contributed by atoms with Gasteiger partial charge in [0.2, 0.25) is 0 Å². The summed E-state index contributed by atoms with van der Waals surface area (Å²) in [6.07, 6.45) is 2.06. The summed E-state index contributed by atoms with van der Waals surface area (Å²) in [7, 11) is 0. The van der Waals surface area contributed by atoms with Crippen LogP contribution in [0.4, 0.5) is 4.79 Å². The smallest absolute Gasteiger partial charge is 0.410 e. The highest BCUT2D eigenvalue weighted by Crippen LogP contribution is 2.22. The number of piperidine rings is 1. The fourth-order valence-corrected chi connectivity index (χ4v) is 2.21. The zero-order valence-electron chi connectivity index (χ0n) is 11.4. The molecule has 1 fully saturated rings.